The van der Waals surface area contributed by atoms with Crippen LogP contribution in [0.2, 0.25) is 0 Å². The van der Waals surface area contributed by atoms with Gasteiger partial charge in [-0.2, -0.15) is 0 Å². The number of hydrogen-bond acceptors (Lipinski definition) is 4. The molecule has 0 atom stereocenters. The molecule has 5 heteroatoms. The summed E-state index contributed by atoms with van der Waals surface area (Å²) in [7, 11) is 1.47. The molecule has 0 aromatic rings. The van der Waals surface area contributed by atoms with Crippen LogP contribution in [0.5, 0.6) is 0 Å². The van der Waals surface area contributed by atoms with Crippen LogP contribution in [0.1, 0.15) is 34.6 Å². The molecule has 0 aliphatic heterocycles. The molecule has 0 rings (SSSR count). The Morgan fingerprint density at radius 1 is 1.29 bits per heavy atom. The second-order valence-corrected chi connectivity index (χ2v) is 4.55. The molecule has 0 aromatic carbocycles. The minimum absolute atomic E-state index is 0.0445. The van der Waals surface area contributed by atoms with Gasteiger partial charge in [-0.3, -0.25) is 9.59 Å². The quantitative estimate of drug-likeness (QED) is 0.660. The van der Waals surface area contributed by atoms with Crippen LogP contribution in [-0.2, 0) is 19.1 Å². The van der Waals surface area contributed by atoms with E-state index in [9.17, 15) is 9.59 Å². The molecule has 5 nitrogen and oxygen atoms in total. The van der Waals surface area contributed by atoms with Crippen LogP contribution in [-0.4, -0.2) is 48.7 Å². The van der Waals surface area contributed by atoms with Gasteiger partial charge in [0.1, 0.15) is 12.1 Å². The van der Waals surface area contributed by atoms with E-state index in [1.807, 2.05) is 13.8 Å². The molecule has 0 saturated carbocycles. The van der Waals surface area contributed by atoms with Crippen LogP contribution in [0.25, 0.3) is 0 Å². The van der Waals surface area contributed by atoms with E-state index in [1.54, 1.807) is 20.8 Å². The normalized spacial score (nSPS) is 11.5. The maximum absolute atomic E-state index is 12.2. The predicted octanol–water partition coefficient (Wildman–Crippen LogP) is 1.21. The fourth-order valence-electron chi connectivity index (χ4n) is 1.27. The molecule has 0 spiro atoms. The Hall–Kier alpha value is -1.10. The zero-order valence-corrected chi connectivity index (χ0v) is 11.6. The van der Waals surface area contributed by atoms with Crippen LogP contribution >= 0.6 is 0 Å². The Bertz CT molecular complexity index is 274. The molecular weight excluding hydrogens is 222 g/mol. The lowest BCUT2D eigenvalue weighted by Crippen LogP contribution is -2.51. The largest absolute Gasteiger partial charge is 0.465 e. The summed E-state index contributed by atoms with van der Waals surface area (Å²) in [6, 6.07) is -0.0821. The summed E-state index contributed by atoms with van der Waals surface area (Å²) >= 11 is 0. The number of amides is 1. The van der Waals surface area contributed by atoms with Crippen molar-refractivity contribution in [2.45, 2.75) is 46.3 Å². The van der Waals surface area contributed by atoms with Crippen molar-refractivity contribution in [3.63, 3.8) is 0 Å². The Morgan fingerprint density at radius 3 is 2.18 bits per heavy atom. The Morgan fingerprint density at radius 2 is 1.82 bits per heavy atom. The third-order valence-corrected chi connectivity index (χ3v) is 2.51. The molecular formula is C12H23NO4. The smallest absolute Gasteiger partial charge is 0.325 e. The third kappa shape index (κ3) is 4.73. The van der Waals surface area contributed by atoms with Crippen molar-refractivity contribution in [3.05, 3.63) is 0 Å². The molecule has 0 fully saturated rings. The lowest BCUT2D eigenvalue weighted by Gasteiger charge is -2.33. The molecule has 0 bridgehead atoms. The molecule has 100 valence electrons. The maximum atomic E-state index is 12.2. The number of esters is 1. The maximum Gasteiger partial charge on any atom is 0.325 e. The van der Waals surface area contributed by atoms with Gasteiger partial charge in [0.25, 0.3) is 5.91 Å². The van der Waals surface area contributed by atoms with Gasteiger partial charge in [0, 0.05) is 13.2 Å². The molecule has 0 heterocycles. The second kappa shape index (κ2) is 6.59. The molecule has 1 amide bonds. The average Bonchev–Trinajstić information content (AvgIpc) is 2.25. The highest BCUT2D eigenvalue weighted by Gasteiger charge is 2.34. The fourth-order valence-corrected chi connectivity index (χ4v) is 1.27. The van der Waals surface area contributed by atoms with E-state index in [-0.39, 0.29) is 18.5 Å². The first-order valence-electron chi connectivity index (χ1n) is 5.78. The summed E-state index contributed by atoms with van der Waals surface area (Å²) in [6.45, 7) is 9.06. The first-order chi connectivity index (χ1) is 7.76. The van der Waals surface area contributed by atoms with Crippen molar-refractivity contribution in [2.24, 2.45) is 0 Å². The first kappa shape index (κ1) is 15.9. The van der Waals surface area contributed by atoms with Gasteiger partial charge in [-0.25, -0.2) is 0 Å². The fraction of sp³-hybridized carbons (Fsp3) is 0.833. The second-order valence-electron chi connectivity index (χ2n) is 4.55. The van der Waals surface area contributed by atoms with Crippen molar-refractivity contribution in [1.29, 1.82) is 0 Å². The van der Waals surface area contributed by atoms with Crippen LogP contribution in [0.3, 0.4) is 0 Å². The van der Waals surface area contributed by atoms with E-state index in [4.69, 9.17) is 9.47 Å². The molecule has 0 saturated heterocycles. The number of hydrogen-bond donors (Lipinski definition) is 0. The average molecular weight is 245 g/mol. The van der Waals surface area contributed by atoms with E-state index in [2.05, 4.69) is 0 Å². The van der Waals surface area contributed by atoms with Crippen LogP contribution < -0.4 is 0 Å². The summed E-state index contributed by atoms with van der Waals surface area (Å²) < 4.78 is 9.97. The lowest BCUT2D eigenvalue weighted by atomic mass is 10.1. The highest BCUT2D eigenvalue weighted by Crippen LogP contribution is 2.14. The van der Waals surface area contributed by atoms with Gasteiger partial charge < -0.3 is 14.4 Å². The molecule has 0 N–H and O–H groups in total. The predicted molar refractivity (Wildman–Crippen MR) is 64.6 cm³/mol. The van der Waals surface area contributed by atoms with E-state index in [1.165, 1.54) is 12.0 Å². The van der Waals surface area contributed by atoms with Crippen LogP contribution in [0.15, 0.2) is 0 Å². The summed E-state index contributed by atoms with van der Waals surface area (Å²) in [5, 5.41) is 0. The monoisotopic (exact) mass is 245 g/mol. The van der Waals surface area contributed by atoms with E-state index < -0.39 is 11.6 Å². The van der Waals surface area contributed by atoms with Gasteiger partial charge in [-0.05, 0) is 34.6 Å². The molecule has 0 unspecified atom stereocenters. The minimum Gasteiger partial charge on any atom is -0.465 e. The summed E-state index contributed by atoms with van der Waals surface area (Å²) in [5.74, 6) is -0.621. The van der Waals surface area contributed by atoms with Gasteiger partial charge in [-0.15, -0.1) is 0 Å². The standard InChI is InChI=1S/C12H23NO4/c1-7-17-10(14)8-13(9(2)3)11(15)12(4,5)16-6/h9H,7-8H2,1-6H3. The minimum atomic E-state index is -0.934. The molecule has 0 aromatic heterocycles. The van der Waals surface area contributed by atoms with Crippen LogP contribution in [0, 0.1) is 0 Å². The van der Waals surface area contributed by atoms with Crippen molar-refractivity contribution < 1.29 is 19.1 Å². The third-order valence-electron chi connectivity index (χ3n) is 2.51. The Kier molecular flexibility index (Phi) is 6.16. The molecule has 17 heavy (non-hydrogen) atoms. The molecule has 0 radical (unpaired) electrons. The number of nitrogens with zero attached hydrogens (tertiary/aromatic N) is 1. The van der Waals surface area contributed by atoms with E-state index in [0.29, 0.717) is 6.61 Å². The number of ether oxygens (including phenoxy) is 2. The van der Waals surface area contributed by atoms with Crippen molar-refractivity contribution in [2.75, 3.05) is 20.3 Å². The topological polar surface area (TPSA) is 55.8 Å². The highest BCUT2D eigenvalue weighted by atomic mass is 16.5. The van der Waals surface area contributed by atoms with Gasteiger partial charge in [0.2, 0.25) is 0 Å². The van der Waals surface area contributed by atoms with Gasteiger partial charge in [-0.1, -0.05) is 0 Å². The highest BCUT2D eigenvalue weighted by molar-refractivity contribution is 5.88. The zero-order valence-electron chi connectivity index (χ0n) is 11.6. The first-order valence-corrected chi connectivity index (χ1v) is 5.78. The van der Waals surface area contributed by atoms with Crippen molar-refractivity contribution in [3.8, 4) is 0 Å². The SMILES string of the molecule is CCOC(=O)CN(C(=O)C(C)(C)OC)C(C)C. The molecule has 0 aliphatic carbocycles. The van der Waals surface area contributed by atoms with E-state index >= 15 is 0 Å². The van der Waals surface area contributed by atoms with Crippen LogP contribution in [0.4, 0.5) is 0 Å². The number of rotatable bonds is 6. The Labute approximate surface area is 103 Å². The Balaban J connectivity index is 4.75. The zero-order chi connectivity index (χ0) is 13.6. The van der Waals surface area contributed by atoms with Gasteiger partial charge in [0.05, 0.1) is 6.61 Å². The van der Waals surface area contributed by atoms with Gasteiger partial charge in [0.15, 0.2) is 0 Å². The molecule has 0 aliphatic rings. The number of carbonyl (C=O) groups excluding carboxylic acids is 2. The summed E-state index contributed by atoms with van der Waals surface area (Å²) in [4.78, 5) is 25.1. The van der Waals surface area contributed by atoms with E-state index in [0.717, 1.165) is 0 Å². The number of carbonyl (C=O) groups is 2. The van der Waals surface area contributed by atoms with Crippen molar-refractivity contribution in [1.82, 2.24) is 4.90 Å². The summed E-state index contributed by atoms with van der Waals surface area (Å²) in [5.41, 5.74) is -0.934. The van der Waals surface area contributed by atoms with Gasteiger partial charge >= 0.3 is 5.97 Å². The summed E-state index contributed by atoms with van der Waals surface area (Å²) in [6.07, 6.45) is 0. The lowest BCUT2D eigenvalue weighted by molar-refractivity contribution is -0.159. The number of methoxy groups -OCH3 is 1. The van der Waals surface area contributed by atoms with Crippen molar-refractivity contribution >= 4 is 11.9 Å².